The van der Waals surface area contributed by atoms with Crippen LogP contribution >= 0.6 is 11.8 Å². The number of nitrogens with zero attached hydrogens (tertiary/aromatic N) is 3. The first-order chi connectivity index (χ1) is 20.7. The second-order valence-corrected chi connectivity index (χ2v) is 13.8. The predicted molar refractivity (Wildman–Crippen MR) is 171 cm³/mol. The minimum atomic E-state index is -0.825. The van der Waals surface area contributed by atoms with Gasteiger partial charge in [-0.15, -0.1) is 24.9 Å². The Bertz CT molecular complexity index is 1350. The molecule has 5 rings (SSSR count). The van der Waals surface area contributed by atoms with Crippen LogP contribution in [0.4, 0.5) is 0 Å². The summed E-state index contributed by atoms with van der Waals surface area (Å²) in [4.78, 5) is 49.2. The van der Waals surface area contributed by atoms with Crippen LogP contribution in [0.1, 0.15) is 44.4 Å². The lowest BCUT2D eigenvalue weighted by Gasteiger charge is -2.43. The highest BCUT2D eigenvalue weighted by Gasteiger charge is 2.77. The Hall–Kier alpha value is -3.36. The van der Waals surface area contributed by atoms with Gasteiger partial charge in [-0.05, 0) is 37.3 Å². The van der Waals surface area contributed by atoms with Crippen LogP contribution in [0.3, 0.4) is 0 Å². The molecule has 3 aliphatic rings. The number of likely N-dealkylation sites (tertiary alicyclic amines) is 1. The minimum absolute atomic E-state index is 0.0225. The third kappa shape index (κ3) is 5.22. The number of fused-ring (bicyclic) bond motifs is 1. The van der Waals surface area contributed by atoms with Gasteiger partial charge < -0.3 is 19.8 Å². The Morgan fingerprint density at radius 1 is 1.05 bits per heavy atom. The van der Waals surface area contributed by atoms with Crippen LogP contribution in [-0.2, 0) is 20.9 Å². The van der Waals surface area contributed by atoms with E-state index in [1.54, 1.807) is 38.6 Å². The number of carbonyl (C=O) groups is 3. The summed E-state index contributed by atoms with van der Waals surface area (Å²) in [5, 5.41) is 10.7. The summed E-state index contributed by atoms with van der Waals surface area (Å²) in [7, 11) is 0. The molecule has 2 aromatic carbocycles. The lowest BCUT2D eigenvalue weighted by Crippen LogP contribution is -2.59. The zero-order valence-electron chi connectivity index (χ0n) is 25.3. The first-order valence-electron chi connectivity index (χ1n) is 15.2. The van der Waals surface area contributed by atoms with Crippen LogP contribution in [0, 0.1) is 17.8 Å². The molecule has 1 N–H and O–H groups in total. The number of thioether (sulfide) groups is 1. The Morgan fingerprint density at radius 2 is 1.67 bits per heavy atom. The van der Waals surface area contributed by atoms with Gasteiger partial charge in [-0.1, -0.05) is 79.7 Å². The lowest BCUT2D eigenvalue weighted by molar-refractivity contribution is -0.147. The van der Waals surface area contributed by atoms with Crippen molar-refractivity contribution in [2.75, 3.05) is 19.7 Å². The van der Waals surface area contributed by atoms with E-state index in [1.165, 1.54) is 0 Å². The number of hydrogen-bond acceptors (Lipinski definition) is 5. The summed E-state index contributed by atoms with van der Waals surface area (Å²) in [6.45, 7) is 14.6. The number of benzene rings is 2. The SMILES string of the molecule is C=CCN(Cc1ccccc1)C(=O)[C@@H]1[C@H]2C(=O)N([C@H](CO)c3ccccc3)C(C(=O)N(CC=C)C(C)C)C23S[C@@H]1CC3C. The molecule has 1 spiro atoms. The van der Waals surface area contributed by atoms with Crippen molar-refractivity contribution in [3.05, 3.63) is 97.1 Å². The van der Waals surface area contributed by atoms with Gasteiger partial charge in [-0.3, -0.25) is 14.4 Å². The monoisotopic (exact) mass is 601 g/mol. The van der Waals surface area contributed by atoms with Gasteiger partial charge in [0.15, 0.2) is 0 Å². The van der Waals surface area contributed by atoms with Crippen molar-refractivity contribution in [3.8, 4) is 0 Å². The molecule has 0 radical (unpaired) electrons. The van der Waals surface area contributed by atoms with E-state index >= 15 is 0 Å². The summed E-state index contributed by atoms with van der Waals surface area (Å²) in [5.41, 5.74) is 1.77. The summed E-state index contributed by atoms with van der Waals surface area (Å²) in [6.07, 6.45) is 4.18. The molecule has 3 fully saturated rings. The van der Waals surface area contributed by atoms with E-state index in [0.717, 1.165) is 17.5 Å². The van der Waals surface area contributed by atoms with E-state index in [2.05, 4.69) is 20.1 Å². The van der Waals surface area contributed by atoms with Gasteiger partial charge in [0.2, 0.25) is 17.7 Å². The zero-order valence-corrected chi connectivity index (χ0v) is 26.2. The van der Waals surface area contributed by atoms with Crippen LogP contribution < -0.4 is 0 Å². The van der Waals surface area contributed by atoms with Crippen molar-refractivity contribution >= 4 is 29.5 Å². The van der Waals surface area contributed by atoms with E-state index < -0.39 is 28.7 Å². The lowest BCUT2D eigenvalue weighted by atomic mass is 9.65. The Labute approximate surface area is 259 Å². The van der Waals surface area contributed by atoms with Crippen LogP contribution in [0.5, 0.6) is 0 Å². The van der Waals surface area contributed by atoms with Crippen molar-refractivity contribution in [3.63, 3.8) is 0 Å². The molecule has 2 bridgehead atoms. The average molecular weight is 602 g/mol. The first kappa shape index (κ1) is 31.1. The minimum Gasteiger partial charge on any atom is -0.394 e. The molecular formula is C35H43N3O4S. The molecule has 3 aliphatic heterocycles. The predicted octanol–water partition coefficient (Wildman–Crippen LogP) is 4.70. The van der Waals surface area contributed by atoms with Gasteiger partial charge in [0, 0.05) is 30.9 Å². The molecule has 7 nitrogen and oxygen atoms in total. The quantitative estimate of drug-likeness (QED) is 0.357. The maximum Gasteiger partial charge on any atom is 0.247 e. The summed E-state index contributed by atoms with van der Waals surface area (Å²) >= 11 is 1.66. The average Bonchev–Trinajstić information content (AvgIpc) is 3.60. The molecule has 0 aromatic heterocycles. The van der Waals surface area contributed by atoms with Crippen molar-refractivity contribution in [1.29, 1.82) is 0 Å². The fourth-order valence-corrected chi connectivity index (χ4v) is 10.0. The van der Waals surface area contributed by atoms with Gasteiger partial charge in [0.25, 0.3) is 0 Å². The van der Waals surface area contributed by atoms with Gasteiger partial charge >= 0.3 is 0 Å². The number of aliphatic hydroxyl groups excluding tert-OH is 1. The van der Waals surface area contributed by atoms with E-state index in [4.69, 9.17) is 0 Å². The number of aliphatic hydroxyl groups is 1. The van der Waals surface area contributed by atoms with E-state index in [-0.39, 0.29) is 41.5 Å². The maximum absolute atomic E-state index is 14.8. The van der Waals surface area contributed by atoms with Gasteiger partial charge in [0.05, 0.1) is 29.2 Å². The van der Waals surface area contributed by atoms with Crippen LogP contribution in [-0.4, -0.2) is 79.3 Å². The molecule has 3 saturated heterocycles. The summed E-state index contributed by atoms with van der Waals surface area (Å²) in [6, 6.07) is 17.6. The van der Waals surface area contributed by atoms with Crippen molar-refractivity contribution in [2.24, 2.45) is 17.8 Å². The van der Waals surface area contributed by atoms with E-state index in [0.29, 0.717) is 19.6 Å². The summed E-state index contributed by atoms with van der Waals surface area (Å²) in [5.74, 6) is -1.67. The number of hydrogen-bond donors (Lipinski definition) is 1. The van der Waals surface area contributed by atoms with Crippen LogP contribution in [0.15, 0.2) is 86.0 Å². The molecular weight excluding hydrogens is 558 g/mol. The fourth-order valence-electron chi connectivity index (χ4n) is 7.64. The molecule has 2 aromatic rings. The normalized spacial score (nSPS) is 28.1. The molecule has 3 amide bonds. The third-order valence-electron chi connectivity index (χ3n) is 9.51. The van der Waals surface area contributed by atoms with Crippen molar-refractivity contribution in [2.45, 2.75) is 61.9 Å². The molecule has 3 unspecified atom stereocenters. The first-order valence-corrected chi connectivity index (χ1v) is 16.1. The molecule has 0 saturated carbocycles. The molecule has 7 atom stereocenters. The van der Waals surface area contributed by atoms with Gasteiger partial charge in [0.1, 0.15) is 6.04 Å². The van der Waals surface area contributed by atoms with Crippen LogP contribution in [0.2, 0.25) is 0 Å². The zero-order chi connectivity index (χ0) is 30.9. The van der Waals surface area contributed by atoms with Crippen LogP contribution in [0.25, 0.3) is 0 Å². The van der Waals surface area contributed by atoms with Crippen molar-refractivity contribution < 1.29 is 19.5 Å². The number of amides is 3. The molecule has 43 heavy (non-hydrogen) atoms. The molecule has 228 valence electrons. The molecule has 3 heterocycles. The summed E-state index contributed by atoms with van der Waals surface area (Å²) < 4.78 is -0.789. The second-order valence-electron chi connectivity index (χ2n) is 12.3. The Kier molecular flexibility index (Phi) is 9.18. The second kappa shape index (κ2) is 12.7. The maximum atomic E-state index is 14.8. The highest BCUT2D eigenvalue weighted by Crippen LogP contribution is 2.69. The smallest absolute Gasteiger partial charge is 0.247 e. The fraction of sp³-hybridized carbons (Fsp3) is 0.457. The van der Waals surface area contributed by atoms with Gasteiger partial charge in [-0.25, -0.2) is 0 Å². The molecule has 8 heteroatoms. The third-order valence-corrected chi connectivity index (χ3v) is 11.6. The van der Waals surface area contributed by atoms with E-state index in [1.807, 2.05) is 74.5 Å². The van der Waals surface area contributed by atoms with Crippen molar-refractivity contribution in [1.82, 2.24) is 14.7 Å². The Balaban J connectivity index is 1.61. The van der Waals surface area contributed by atoms with Gasteiger partial charge in [-0.2, -0.15) is 0 Å². The highest BCUT2D eigenvalue weighted by atomic mass is 32.2. The highest BCUT2D eigenvalue weighted by molar-refractivity contribution is 8.02. The number of carbonyl (C=O) groups excluding carboxylic acids is 3. The number of rotatable bonds is 12. The topological polar surface area (TPSA) is 81.2 Å². The standard InChI is InChI=1S/C35H43N3O4S/c1-6-18-36(21-25-14-10-8-11-15-25)32(40)29-28-20-24(5)35(43-28)30(29)33(41)38(27(22-39)26-16-12-9-13-17-26)31(35)34(42)37(19-7-2)23(3)4/h6-17,23-24,27-31,39H,1-2,18-22H2,3-5H3/t24?,27-,28-,29+,30+,31?,35?/m1/s1. The van der Waals surface area contributed by atoms with E-state index in [9.17, 15) is 19.5 Å². The molecule has 0 aliphatic carbocycles. The Morgan fingerprint density at radius 3 is 2.26 bits per heavy atom. The largest absolute Gasteiger partial charge is 0.394 e.